The van der Waals surface area contributed by atoms with E-state index in [4.69, 9.17) is 0 Å². The van der Waals surface area contributed by atoms with Crippen molar-refractivity contribution in [3.8, 4) is 5.75 Å². The number of carbonyl (C=O) groups excluding carboxylic acids is 1. The molecule has 19 heavy (non-hydrogen) atoms. The van der Waals surface area contributed by atoms with E-state index in [-0.39, 0.29) is 11.7 Å². The summed E-state index contributed by atoms with van der Waals surface area (Å²) in [5.41, 5.74) is 1.37. The van der Waals surface area contributed by atoms with Gasteiger partial charge < -0.3 is 10.0 Å². The number of phenolic OH excluding ortho intramolecular Hbond substituents is 1. The molecule has 1 saturated carbocycles. The second-order valence-electron chi connectivity index (χ2n) is 5.71. The molecule has 104 valence electrons. The molecule has 0 unspecified atom stereocenters. The maximum Gasteiger partial charge on any atom is 0.257 e. The van der Waals surface area contributed by atoms with Crippen LogP contribution in [-0.2, 0) is 0 Å². The van der Waals surface area contributed by atoms with Crippen LogP contribution in [0.4, 0.5) is 0 Å². The molecule has 3 nitrogen and oxygen atoms in total. The summed E-state index contributed by atoms with van der Waals surface area (Å²) in [4.78, 5) is 14.1. The van der Waals surface area contributed by atoms with Crippen molar-refractivity contribution in [2.24, 2.45) is 5.92 Å². The second-order valence-corrected chi connectivity index (χ2v) is 5.71. The summed E-state index contributed by atoms with van der Waals surface area (Å²) in [5.74, 6) is 0.624. The van der Waals surface area contributed by atoms with Crippen LogP contribution in [0.1, 0.15) is 48.0 Å². The Bertz CT molecular complexity index is 450. The van der Waals surface area contributed by atoms with Gasteiger partial charge in [0.25, 0.3) is 5.91 Å². The van der Waals surface area contributed by atoms with E-state index >= 15 is 0 Å². The number of rotatable bonds is 3. The summed E-state index contributed by atoms with van der Waals surface area (Å²) in [6.07, 6.45) is 6.33. The predicted octanol–water partition coefficient (Wildman–Crippen LogP) is 3.35. The fraction of sp³-hybridized carbons (Fsp3) is 0.562. The molecule has 3 heteroatoms. The Labute approximate surface area is 115 Å². The van der Waals surface area contributed by atoms with Crippen molar-refractivity contribution in [2.45, 2.75) is 39.0 Å². The van der Waals surface area contributed by atoms with Gasteiger partial charge in [-0.25, -0.2) is 0 Å². The number of amides is 1. The highest BCUT2D eigenvalue weighted by Gasteiger charge is 2.20. The number of aromatic hydroxyl groups is 1. The average molecular weight is 261 g/mol. The maximum atomic E-state index is 12.3. The fourth-order valence-corrected chi connectivity index (χ4v) is 2.87. The molecular weight excluding hydrogens is 238 g/mol. The Morgan fingerprint density at radius 1 is 1.32 bits per heavy atom. The molecule has 0 aliphatic heterocycles. The minimum atomic E-state index is -0.0805. The Balaban J connectivity index is 2.01. The zero-order chi connectivity index (χ0) is 13.8. The van der Waals surface area contributed by atoms with Gasteiger partial charge in [-0.05, 0) is 43.4 Å². The third-order valence-corrected chi connectivity index (χ3v) is 3.99. The highest BCUT2D eigenvalue weighted by atomic mass is 16.3. The number of nitrogens with zero attached hydrogens (tertiary/aromatic N) is 1. The van der Waals surface area contributed by atoms with Crippen LogP contribution in [0.25, 0.3) is 0 Å². The van der Waals surface area contributed by atoms with Crippen molar-refractivity contribution in [3.63, 3.8) is 0 Å². The number of benzene rings is 1. The molecule has 0 saturated heterocycles. The largest absolute Gasteiger partial charge is 0.507 e. The molecule has 0 spiro atoms. The molecule has 1 aromatic rings. The third kappa shape index (κ3) is 3.49. The molecule has 1 aliphatic rings. The van der Waals surface area contributed by atoms with Crippen LogP contribution in [0.3, 0.4) is 0 Å². The first-order valence-corrected chi connectivity index (χ1v) is 7.13. The Kier molecular flexibility index (Phi) is 4.46. The first-order chi connectivity index (χ1) is 9.08. The number of aryl methyl sites for hydroxylation is 1. The molecule has 1 fully saturated rings. The van der Waals surface area contributed by atoms with Gasteiger partial charge in [-0.3, -0.25) is 4.79 Å². The standard InChI is InChI=1S/C16H23NO2/c1-12-8-9-14(15(18)10-12)16(19)17(2)11-13-6-4-3-5-7-13/h8-10,13,18H,3-7,11H2,1-2H3. The van der Waals surface area contributed by atoms with E-state index in [1.807, 2.05) is 20.0 Å². The summed E-state index contributed by atoms with van der Waals surface area (Å²) in [6.45, 7) is 2.70. The second kappa shape index (κ2) is 6.09. The van der Waals surface area contributed by atoms with Crippen molar-refractivity contribution in [1.29, 1.82) is 0 Å². The first kappa shape index (κ1) is 13.9. The summed E-state index contributed by atoms with van der Waals surface area (Å²) >= 11 is 0. The number of hydrogen-bond acceptors (Lipinski definition) is 2. The molecule has 0 radical (unpaired) electrons. The van der Waals surface area contributed by atoms with Gasteiger partial charge in [0.05, 0.1) is 5.56 Å². The lowest BCUT2D eigenvalue weighted by Crippen LogP contribution is -2.32. The molecular formula is C16H23NO2. The molecule has 0 heterocycles. The smallest absolute Gasteiger partial charge is 0.257 e. The molecule has 2 rings (SSSR count). The number of hydrogen-bond donors (Lipinski definition) is 1. The van der Waals surface area contributed by atoms with Crippen LogP contribution < -0.4 is 0 Å². The predicted molar refractivity (Wildman–Crippen MR) is 76.4 cm³/mol. The molecule has 0 bridgehead atoms. The highest BCUT2D eigenvalue weighted by Crippen LogP contribution is 2.25. The quantitative estimate of drug-likeness (QED) is 0.906. The minimum Gasteiger partial charge on any atom is -0.507 e. The normalized spacial score (nSPS) is 16.3. The lowest BCUT2D eigenvalue weighted by atomic mass is 9.89. The van der Waals surface area contributed by atoms with Crippen LogP contribution in [-0.4, -0.2) is 29.5 Å². The van der Waals surface area contributed by atoms with Crippen molar-refractivity contribution in [1.82, 2.24) is 4.90 Å². The van der Waals surface area contributed by atoms with Gasteiger partial charge in [0.1, 0.15) is 5.75 Å². The molecule has 1 amide bonds. The van der Waals surface area contributed by atoms with Gasteiger partial charge in [-0.2, -0.15) is 0 Å². The van der Waals surface area contributed by atoms with Crippen LogP contribution in [0.15, 0.2) is 18.2 Å². The zero-order valence-electron chi connectivity index (χ0n) is 11.9. The summed E-state index contributed by atoms with van der Waals surface area (Å²) in [5, 5.41) is 9.87. The summed E-state index contributed by atoms with van der Waals surface area (Å²) in [6, 6.07) is 5.22. The molecule has 0 atom stereocenters. The monoisotopic (exact) mass is 261 g/mol. The van der Waals surface area contributed by atoms with Gasteiger partial charge in [-0.15, -0.1) is 0 Å². The topological polar surface area (TPSA) is 40.5 Å². The van der Waals surface area contributed by atoms with Gasteiger partial charge >= 0.3 is 0 Å². The number of carbonyl (C=O) groups is 1. The van der Waals surface area contributed by atoms with Crippen LogP contribution in [0.5, 0.6) is 5.75 Å². The van der Waals surface area contributed by atoms with E-state index in [1.165, 1.54) is 32.1 Å². The molecule has 1 N–H and O–H groups in total. The summed E-state index contributed by atoms with van der Waals surface area (Å²) < 4.78 is 0. The van der Waals surface area contributed by atoms with Crippen molar-refractivity contribution in [2.75, 3.05) is 13.6 Å². The van der Waals surface area contributed by atoms with E-state index in [0.717, 1.165) is 12.1 Å². The Morgan fingerprint density at radius 2 is 2.00 bits per heavy atom. The van der Waals surface area contributed by atoms with Gasteiger partial charge in [0.2, 0.25) is 0 Å². The van der Waals surface area contributed by atoms with E-state index in [1.54, 1.807) is 17.0 Å². The van der Waals surface area contributed by atoms with Crippen molar-refractivity contribution in [3.05, 3.63) is 29.3 Å². The van der Waals surface area contributed by atoms with E-state index in [0.29, 0.717) is 11.5 Å². The third-order valence-electron chi connectivity index (χ3n) is 3.99. The molecule has 0 aromatic heterocycles. The van der Waals surface area contributed by atoms with Crippen molar-refractivity contribution < 1.29 is 9.90 Å². The maximum absolute atomic E-state index is 12.3. The average Bonchev–Trinajstić information content (AvgIpc) is 2.39. The molecule has 1 aliphatic carbocycles. The minimum absolute atomic E-state index is 0.0805. The van der Waals surface area contributed by atoms with Gasteiger partial charge in [-0.1, -0.05) is 25.3 Å². The van der Waals surface area contributed by atoms with E-state index in [2.05, 4.69) is 0 Å². The fourth-order valence-electron chi connectivity index (χ4n) is 2.87. The van der Waals surface area contributed by atoms with Crippen LogP contribution in [0.2, 0.25) is 0 Å². The molecule has 1 aromatic carbocycles. The first-order valence-electron chi connectivity index (χ1n) is 7.13. The zero-order valence-corrected chi connectivity index (χ0v) is 11.9. The van der Waals surface area contributed by atoms with E-state index < -0.39 is 0 Å². The van der Waals surface area contributed by atoms with Crippen LogP contribution >= 0.6 is 0 Å². The number of phenols is 1. The SMILES string of the molecule is Cc1ccc(C(=O)N(C)CC2CCCCC2)c(O)c1. The summed E-state index contributed by atoms with van der Waals surface area (Å²) in [7, 11) is 1.83. The highest BCUT2D eigenvalue weighted by molar-refractivity contribution is 5.96. The van der Waals surface area contributed by atoms with Gasteiger partial charge in [0.15, 0.2) is 0 Å². The lowest BCUT2D eigenvalue weighted by Gasteiger charge is -2.27. The Hall–Kier alpha value is -1.51. The lowest BCUT2D eigenvalue weighted by molar-refractivity contribution is 0.0757. The van der Waals surface area contributed by atoms with Crippen molar-refractivity contribution >= 4 is 5.91 Å². The van der Waals surface area contributed by atoms with Crippen LogP contribution in [0, 0.1) is 12.8 Å². The van der Waals surface area contributed by atoms with E-state index in [9.17, 15) is 9.90 Å². The van der Waals surface area contributed by atoms with Gasteiger partial charge in [0, 0.05) is 13.6 Å². The Morgan fingerprint density at radius 3 is 2.63 bits per heavy atom.